The minimum atomic E-state index is -0.191. The molecule has 82 valence electrons. The topological polar surface area (TPSA) is 49.3 Å². The minimum Gasteiger partial charge on any atom is -0.394 e. The second kappa shape index (κ2) is 5.51. The lowest BCUT2D eigenvalue weighted by Crippen LogP contribution is -2.37. The van der Waals surface area contributed by atoms with E-state index >= 15 is 0 Å². The normalized spacial score (nSPS) is 14.3. The second-order valence-corrected chi connectivity index (χ2v) is 3.72. The minimum absolute atomic E-state index is 0.0345. The average molecular weight is 207 g/mol. The molecule has 1 aromatic carbocycles. The van der Waals surface area contributed by atoms with Gasteiger partial charge in [0.2, 0.25) is 5.91 Å². The maximum absolute atomic E-state index is 11.7. The number of rotatable bonds is 4. The first-order chi connectivity index (χ1) is 7.15. The van der Waals surface area contributed by atoms with Gasteiger partial charge in [-0.25, -0.2) is 0 Å². The molecular formula is C12H17NO2. The second-order valence-electron chi connectivity index (χ2n) is 3.72. The third-order valence-corrected chi connectivity index (χ3v) is 2.36. The van der Waals surface area contributed by atoms with Crippen LogP contribution in [-0.2, 0) is 4.79 Å². The molecule has 0 heterocycles. The maximum atomic E-state index is 11.7. The van der Waals surface area contributed by atoms with Gasteiger partial charge in [0.1, 0.15) is 0 Å². The van der Waals surface area contributed by atoms with E-state index in [-0.39, 0.29) is 24.5 Å². The molecule has 0 aliphatic carbocycles. The fourth-order valence-electron chi connectivity index (χ4n) is 1.31. The van der Waals surface area contributed by atoms with Crippen molar-refractivity contribution in [1.82, 2.24) is 5.32 Å². The number of carbonyl (C=O) groups excluding carboxylic acids is 1. The van der Waals surface area contributed by atoms with E-state index in [1.165, 1.54) is 0 Å². The summed E-state index contributed by atoms with van der Waals surface area (Å²) < 4.78 is 0. The van der Waals surface area contributed by atoms with Gasteiger partial charge < -0.3 is 10.4 Å². The summed E-state index contributed by atoms with van der Waals surface area (Å²) in [5.74, 6) is -0.233. The summed E-state index contributed by atoms with van der Waals surface area (Å²) >= 11 is 0. The van der Waals surface area contributed by atoms with E-state index in [4.69, 9.17) is 5.11 Å². The number of benzene rings is 1. The van der Waals surface area contributed by atoms with Crippen molar-refractivity contribution in [3.63, 3.8) is 0 Å². The molecule has 15 heavy (non-hydrogen) atoms. The zero-order chi connectivity index (χ0) is 11.3. The van der Waals surface area contributed by atoms with Crippen molar-refractivity contribution in [2.75, 3.05) is 6.61 Å². The standard InChI is InChI=1S/C12H17NO2/c1-9(8-14)13-12(15)10(2)11-6-4-3-5-7-11/h3-7,9-10,14H,8H2,1-2H3,(H,13,15)/t9-,10?/m1/s1. The van der Waals surface area contributed by atoms with Crippen molar-refractivity contribution in [2.45, 2.75) is 25.8 Å². The van der Waals surface area contributed by atoms with Crippen LogP contribution in [0.2, 0.25) is 0 Å². The summed E-state index contributed by atoms with van der Waals surface area (Å²) in [5, 5.41) is 11.6. The van der Waals surface area contributed by atoms with E-state index in [9.17, 15) is 4.79 Å². The molecule has 0 aliphatic rings. The van der Waals surface area contributed by atoms with Crippen LogP contribution in [-0.4, -0.2) is 23.7 Å². The fraction of sp³-hybridized carbons (Fsp3) is 0.417. The molecule has 0 aliphatic heterocycles. The van der Waals surface area contributed by atoms with Gasteiger partial charge in [-0.1, -0.05) is 30.3 Å². The lowest BCUT2D eigenvalue weighted by atomic mass is 10.0. The molecule has 0 saturated heterocycles. The summed E-state index contributed by atoms with van der Waals surface area (Å²) in [7, 11) is 0. The molecule has 2 N–H and O–H groups in total. The zero-order valence-electron chi connectivity index (χ0n) is 9.10. The quantitative estimate of drug-likeness (QED) is 0.781. The number of aliphatic hydroxyl groups excluding tert-OH is 1. The van der Waals surface area contributed by atoms with E-state index < -0.39 is 0 Å². The van der Waals surface area contributed by atoms with Gasteiger partial charge in [0.15, 0.2) is 0 Å². The van der Waals surface area contributed by atoms with Crippen LogP contribution >= 0.6 is 0 Å². The van der Waals surface area contributed by atoms with Gasteiger partial charge in [0.25, 0.3) is 0 Å². The van der Waals surface area contributed by atoms with Gasteiger partial charge in [-0.3, -0.25) is 4.79 Å². The molecule has 1 amide bonds. The molecule has 0 spiro atoms. The molecule has 1 unspecified atom stereocenters. The van der Waals surface area contributed by atoms with Crippen LogP contribution in [0.4, 0.5) is 0 Å². The number of amides is 1. The summed E-state index contributed by atoms with van der Waals surface area (Å²) in [4.78, 5) is 11.7. The highest BCUT2D eigenvalue weighted by atomic mass is 16.3. The Kier molecular flexibility index (Phi) is 4.31. The number of aliphatic hydroxyl groups is 1. The van der Waals surface area contributed by atoms with Crippen LogP contribution in [0.3, 0.4) is 0 Å². The van der Waals surface area contributed by atoms with Crippen LogP contribution < -0.4 is 5.32 Å². The van der Waals surface area contributed by atoms with Crippen LogP contribution in [0.1, 0.15) is 25.3 Å². The summed E-state index contributed by atoms with van der Waals surface area (Å²) in [5.41, 5.74) is 0.986. The SMILES string of the molecule is CC(C(=O)N[C@H](C)CO)c1ccccc1. The third-order valence-electron chi connectivity index (χ3n) is 2.36. The Morgan fingerprint density at radius 2 is 1.93 bits per heavy atom. The van der Waals surface area contributed by atoms with Gasteiger partial charge in [-0.15, -0.1) is 0 Å². The van der Waals surface area contributed by atoms with Crippen molar-refractivity contribution in [3.8, 4) is 0 Å². The molecule has 0 radical (unpaired) electrons. The van der Waals surface area contributed by atoms with Crippen molar-refractivity contribution in [1.29, 1.82) is 0 Å². The Labute approximate surface area is 90.1 Å². The molecule has 1 aromatic rings. The number of hydrogen-bond acceptors (Lipinski definition) is 2. The lowest BCUT2D eigenvalue weighted by Gasteiger charge is -2.15. The first-order valence-electron chi connectivity index (χ1n) is 5.11. The molecule has 2 atom stereocenters. The first kappa shape index (κ1) is 11.7. The molecule has 0 fully saturated rings. The number of carbonyl (C=O) groups is 1. The first-order valence-corrected chi connectivity index (χ1v) is 5.11. The Morgan fingerprint density at radius 3 is 2.47 bits per heavy atom. The Bertz CT molecular complexity index is 311. The molecule has 0 saturated carbocycles. The molecule has 1 rings (SSSR count). The van der Waals surface area contributed by atoms with Gasteiger partial charge in [-0.2, -0.15) is 0 Å². The van der Waals surface area contributed by atoms with Crippen molar-refractivity contribution >= 4 is 5.91 Å². The number of hydrogen-bond donors (Lipinski definition) is 2. The highest BCUT2D eigenvalue weighted by Crippen LogP contribution is 2.14. The van der Waals surface area contributed by atoms with E-state index in [0.29, 0.717) is 0 Å². The third kappa shape index (κ3) is 3.36. The predicted molar refractivity (Wildman–Crippen MR) is 59.5 cm³/mol. The van der Waals surface area contributed by atoms with Crippen molar-refractivity contribution < 1.29 is 9.90 Å². The Morgan fingerprint density at radius 1 is 1.33 bits per heavy atom. The van der Waals surface area contributed by atoms with E-state index in [0.717, 1.165) is 5.56 Å². The van der Waals surface area contributed by atoms with Crippen LogP contribution in [0, 0.1) is 0 Å². The zero-order valence-corrected chi connectivity index (χ0v) is 9.10. The molecular weight excluding hydrogens is 190 g/mol. The van der Waals surface area contributed by atoms with Crippen LogP contribution in [0.25, 0.3) is 0 Å². The highest BCUT2D eigenvalue weighted by Gasteiger charge is 2.15. The highest BCUT2D eigenvalue weighted by molar-refractivity contribution is 5.83. The summed E-state index contributed by atoms with van der Waals surface area (Å²) in [6.07, 6.45) is 0. The maximum Gasteiger partial charge on any atom is 0.227 e. The van der Waals surface area contributed by atoms with Gasteiger partial charge in [-0.05, 0) is 19.4 Å². The predicted octanol–water partition coefficient (Wildman–Crippen LogP) is 1.29. The van der Waals surface area contributed by atoms with E-state index in [1.54, 1.807) is 6.92 Å². The Balaban J connectivity index is 2.61. The molecule has 3 nitrogen and oxygen atoms in total. The molecule has 3 heteroatoms. The fourth-order valence-corrected chi connectivity index (χ4v) is 1.31. The van der Waals surface area contributed by atoms with Gasteiger partial charge in [0, 0.05) is 6.04 Å². The molecule has 0 aromatic heterocycles. The van der Waals surface area contributed by atoms with Crippen LogP contribution in [0.15, 0.2) is 30.3 Å². The molecule has 0 bridgehead atoms. The largest absolute Gasteiger partial charge is 0.394 e. The van der Waals surface area contributed by atoms with Crippen molar-refractivity contribution in [3.05, 3.63) is 35.9 Å². The monoisotopic (exact) mass is 207 g/mol. The van der Waals surface area contributed by atoms with Crippen molar-refractivity contribution in [2.24, 2.45) is 0 Å². The van der Waals surface area contributed by atoms with Crippen LogP contribution in [0.5, 0.6) is 0 Å². The van der Waals surface area contributed by atoms with Gasteiger partial charge >= 0.3 is 0 Å². The van der Waals surface area contributed by atoms with E-state index in [1.807, 2.05) is 37.3 Å². The average Bonchev–Trinajstić information content (AvgIpc) is 2.29. The lowest BCUT2D eigenvalue weighted by molar-refractivity contribution is -0.123. The van der Waals surface area contributed by atoms with Gasteiger partial charge in [0.05, 0.1) is 12.5 Å². The smallest absolute Gasteiger partial charge is 0.227 e. The summed E-state index contributed by atoms with van der Waals surface area (Å²) in [6, 6.07) is 9.40. The number of nitrogens with one attached hydrogen (secondary N) is 1. The van der Waals surface area contributed by atoms with E-state index in [2.05, 4.69) is 5.32 Å². The Hall–Kier alpha value is -1.35. The summed E-state index contributed by atoms with van der Waals surface area (Å²) in [6.45, 7) is 3.59.